The number of benzene rings is 1. The van der Waals surface area contributed by atoms with Gasteiger partial charge in [0.05, 0.1) is 12.2 Å². The SMILES string of the molecule is CCOC(=O)C1CCCCN1c1ccc(C)c(C(F)(F)F)c1. The van der Waals surface area contributed by atoms with Crippen molar-refractivity contribution in [3.8, 4) is 0 Å². The second-order valence-corrected chi connectivity index (χ2v) is 5.45. The van der Waals surface area contributed by atoms with Crippen LogP contribution in [0.2, 0.25) is 0 Å². The van der Waals surface area contributed by atoms with Crippen LogP contribution in [0.1, 0.15) is 37.3 Å². The fraction of sp³-hybridized carbons (Fsp3) is 0.562. The quantitative estimate of drug-likeness (QED) is 0.791. The molecule has 122 valence electrons. The number of rotatable bonds is 3. The van der Waals surface area contributed by atoms with Gasteiger partial charge in [-0.3, -0.25) is 0 Å². The summed E-state index contributed by atoms with van der Waals surface area (Å²) in [5, 5.41) is 0. The summed E-state index contributed by atoms with van der Waals surface area (Å²) in [7, 11) is 0. The lowest BCUT2D eigenvalue weighted by atomic mass is 9.99. The number of piperidine rings is 1. The topological polar surface area (TPSA) is 29.5 Å². The van der Waals surface area contributed by atoms with Crippen molar-refractivity contribution in [3.05, 3.63) is 29.3 Å². The average molecular weight is 315 g/mol. The molecule has 0 radical (unpaired) electrons. The van der Waals surface area contributed by atoms with Gasteiger partial charge < -0.3 is 9.64 Å². The standard InChI is InChI=1S/C16H20F3NO2/c1-3-22-15(21)14-6-4-5-9-20(14)12-8-7-11(2)13(10-12)16(17,18)19/h7-8,10,14H,3-6,9H2,1-2H3. The average Bonchev–Trinajstić information content (AvgIpc) is 2.47. The van der Waals surface area contributed by atoms with Crippen LogP contribution in [0.3, 0.4) is 0 Å². The Morgan fingerprint density at radius 3 is 2.73 bits per heavy atom. The fourth-order valence-corrected chi connectivity index (χ4v) is 2.82. The zero-order chi connectivity index (χ0) is 16.3. The van der Waals surface area contributed by atoms with Crippen LogP contribution in [0.5, 0.6) is 0 Å². The van der Waals surface area contributed by atoms with Gasteiger partial charge in [-0.1, -0.05) is 6.07 Å². The van der Waals surface area contributed by atoms with E-state index in [4.69, 9.17) is 4.74 Å². The first-order valence-corrected chi connectivity index (χ1v) is 7.45. The molecular weight excluding hydrogens is 295 g/mol. The molecule has 1 aliphatic heterocycles. The van der Waals surface area contributed by atoms with Gasteiger partial charge in [-0.2, -0.15) is 13.2 Å². The highest BCUT2D eigenvalue weighted by atomic mass is 19.4. The van der Waals surface area contributed by atoms with Crippen LogP contribution in [0.25, 0.3) is 0 Å². The second-order valence-electron chi connectivity index (χ2n) is 5.45. The molecule has 1 aromatic rings. The normalized spacial score (nSPS) is 19.1. The van der Waals surface area contributed by atoms with E-state index in [1.165, 1.54) is 13.0 Å². The third kappa shape index (κ3) is 3.54. The van der Waals surface area contributed by atoms with E-state index in [0.717, 1.165) is 18.9 Å². The van der Waals surface area contributed by atoms with Gasteiger partial charge in [-0.15, -0.1) is 0 Å². The number of carbonyl (C=O) groups is 1. The second kappa shape index (κ2) is 6.58. The van der Waals surface area contributed by atoms with E-state index in [0.29, 0.717) is 18.7 Å². The number of hydrogen-bond donors (Lipinski definition) is 0. The maximum absolute atomic E-state index is 13.1. The van der Waals surface area contributed by atoms with Gasteiger partial charge in [-0.05, 0) is 50.8 Å². The van der Waals surface area contributed by atoms with E-state index in [9.17, 15) is 18.0 Å². The molecule has 0 spiro atoms. The Balaban J connectivity index is 2.34. The first-order chi connectivity index (χ1) is 10.3. The number of aryl methyl sites for hydroxylation is 1. The first kappa shape index (κ1) is 16.6. The molecule has 1 heterocycles. The van der Waals surface area contributed by atoms with E-state index in [1.54, 1.807) is 17.9 Å². The number of alkyl halides is 3. The minimum atomic E-state index is -4.39. The number of anilines is 1. The third-order valence-electron chi connectivity index (χ3n) is 3.92. The van der Waals surface area contributed by atoms with E-state index < -0.39 is 17.8 Å². The third-order valence-corrected chi connectivity index (χ3v) is 3.92. The van der Waals surface area contributed by atoms with Gasteiger partial charge in [0.2, 0.25) is 0 Å². The molecule has 0 amide bonds. The lowest BCUT2D eigenvalue weighted by Crippen LogP contribution is -2.45. The maximum atomic E-state index is 13.1. The van der Waals surface area contributed by atoms with Crippen molar-refractivity contribution in [2.24, 2.45) is 0 Å². The minimum Gasteiger partial charge on any atom is -0.464 e. The number of hydrogen-bond acceptors (Lipinski definition) is 3. The monoisotopic (exact) mass is 315 g/mol. The first-order valence-electron chi connectivity index (χ1n) is 7.45. The zero-order valence-electron chi connectivity index (χ0n) is 12.7. The molecule has 3 nitrogen and oxygen atoms in total. The molecule has 0 aromatic heterocycles. The molecule has 6 heteroatoms. The summed E-state index contributed by atoms with van der Waals surface area (Å²) in [5.41, 5.74) is -0.0465. The van der Waals surface area contributed by atoms with E-state index in [1.807, 2.05) is 0 Å². The molecular formula is C16H20F3NO2. The highest BCUT2D eigenvalue weighted by molar-refractivity contribution is 5.80. The molecule has 1 saturated heterocycles. The molecule has 0 bridgehead atoms. The van der Waals surface area contributed by atoms with Crippen molar-refractivity contribution in [2.45, 2.75) is 45.3 Å². The maximum Gasteiger partial charge on any atom is 0.416 e. The van der Waals surface area contributed by atoms with Crippen LogP contribution in [0.4, 0.5) is 18.9 Å². The van der Waals surface area contributed by atoms with Crippen molar-refractivity contribution in [2.75, 3.05) is 18.1 Å². The molecule has 1 aromatic carbocycles. The van der Waals surface area contributed by atoms with Gasteiger partial charge in [-0.25, -0.2) is 4.79 Å². The predicted octanol–water partition coefficient (Wildman–Crippen LogP) is 3.94. The molecule has 2 rings (SSSR count). The molecule has 0 saturated carbocycles. The summed E-state index contributed by atoms with van der Waals surface area (Å²) < 4.78 is 44.2. The molecule has 1 atom stereocenters. The van der Waals surface area contributed by atoms with Gasteiger partial charge in [0.15, 0.2) is 0 Å². The van der Waals surface area contributed by atoms with Gasteiger partial charge in [0, 0.05) is 12.2 Å². The molecule has 1 fully saturated rings. The number of esters is 1. The highest BCUT2D eigenvalue weighted by Gasteiger charge is 2.35. The van der Waals surface area contributed by atoms with Crippen molar-refractivity contribution in [1.82, 2.24) is 0 Å². The van der Waals surface area contributed by atoms with Crippen LogP contribution in [-0.4, -0.2) is 25.2 Å². The Hall–Kier alpha value is -1.72. The molecule has 1 unspecified atom stereocenters. The Morgan fingerprint density at radius 1 is 1.36 bits per heavy atom. The van der Waals surface area contributed by atoms with Crippen LogP contribution in [-0.2, 0) is 15.7 Å². The summed E-state index contributed by atoms with van der Waals surface area (Å²) >= 11 is 0. The summed E-state index contributed by atoms with van der Waals surface area (Å²) in [6.07, 6.45) is -2.06. The highest BCUT2D eigenvalue weighted by Crippen LogP contribution is 2.35. The van der Waals surface area contributed by atoms with E-state index >= 15 is 0 Å². The van der Waals surface area contributed by atoms with Gasteiger partial charge in [0.1, 0.15) is 6.04 Å². The number of ether oxygens (including phenoxy) is 1. The lowest BCUT2D eigenvalue weighted by Gasteiger charge is -2.36. The Kier molecular flexibility index (Phi) is 4.98. The zero-order valence-corrected chi connectivity index (χ0v) is 12.7. The fourth-order valence-electron chi connectivity index (χ4n) is 2.82. The number of carbonyl (C=O) groups excluding carboxylic acids is 1. The Labute approximate surface area is 128 Å². The van der Waals surface area contributed by atoms with Crippen LogP contribution >= 0.6 is 0 Å². The van der Waals surface area contributed by atoms with Crippen LogP contribution < -0.4 is 4.90 Å². The van der Waals surface area contributed by atoms with Crippen LogP contribution in [0.15, 0.2) is 18.2 Å². The molecule has 22 heavy (non-hydrogen) atoms. The summed E-state index contributed by atoms with van der Waals surface area (Å²) in [6.45, 7) is 3.99. The van der Waals surface area contributed by atoms with Gasteiger partial charge >= 0.3 is 12.1 Å². The molecule has 0 N–H and O–H groups in total. The van der Waals surface area contributed by atoms with Crippen molar-refractivity contribution in [1.29, 1.82) is 0 Å². The van der Waals surface area contributed by atoms with Crippen LogP contribution in [0, 0.1) is 6.92 Å². The summed E-state index contributed by atoms with van der Waals surface area (Å²) in [5.74, 6) is -0.365. The van der Waals surface area contributed by atoms with E-state index in [2.05, 4.69) is 0 Å². The van der Waals surface area contributed by atoms with Gasteiger partial charge in [0.25, 0.3) is 0 Å². The Morgan fingerprint density at radius 2 is 2.09 bits per heavy atom. The predicted molar refractivity (Wildman–Crippen MR) is 77.8 cm³/mol. The summed E-state index contributed by atoms with van der Waals surface area (Å²) in [6, 6.07) is 3.72. The van der Waals surface area contributed by atoms with Crippen molar-refractivity contribution < 1.29 is 22.7 Å². The lowest BCUT2D eigenvalue weighted by molar-refractivity contribution is -0.145. The van der Waals surface area contributed by atoms with Crippen molar-refractivity contribution in [3.63, 3.8) is 0 Å². The smallest absolute Gasteiger partial charge is 0.416 e. The Bertz CT molecular complexity index is 543. The van der Waals surface area contributed by atoms with Crippen molar-refractivity contribution >= 4 is 11.7 Å². The molecule has 0 aliphatic carbocycles. The van der Waals surface area contributed by atoms with E-state index in [-0.39, 0.29) is 18.1 Å². The molecule has 1 aliphatic rings. The minimum absolute atomic E-state index is 0.181. The number of nitrogens with zero attached hydrogens (tertiary/aromatic N) is 1. The number of halogens is 3. The largest absolute Gasteiger partial charge is 0.464 e. The summed E-state index contributed by atoms with van der Waals surface area (Å²) in [4.78, 5) is 13.8.